The van der Waals surface area contributed by atoms with Gasteiger partial charge in [-0.05, 0) is 36.8 Å². The van der Waals surface area contributed by atoms with Crippen molar-refractivity contribution in [1.29, 1.82) is 0 Å². The van der Waals surface area contributed by atoms with Crippen molar-refractivity contribution in [2.45, 2.75) is 19.5 Å². The third kappa shape index (κ3) is 4.06. The molecule has 0 amide bonds. The molecule has 1 atom stereocenters. The molecular formula is C16H18F2N2O. The molecule has 0 saturated carbocycles. The lowest BCUT2D eigenvalue weighted by Gasteiger charge is -2.29. The van der Waals surface area contributed by atoms with Gasteiger partial charge in [-0.1, -0.05) is 6.07 Å². The second kappa shape index (κ2) is 7.24. The molecule has 0 aliphatic rings. The standard InChI is InChI=1S/C16H18F2N2O/c1-12(15-9-14(17)4-5-16(15)18)20(7-8-21)11-13-3-2-6-19-10-13/h2-6,9-10,12,21H,7-8,11H2,1H3. The van der Waals surface area contributed by atoms with E-state index in [2.05, 4.69) is 4.98 Å². The van der Waals surface area contributed by atoms with E-state index in [4.69, 9.17) is 0 Å². The lowest BCUT2D eigenvalue weighted by Crippen LogP contribution is -2.30. The van der Waals surface area contributed by atoms with Gasteiger partial charge in [-0.2, -0.15) is 0 Å². The summed E-state index contributed by atoms with van der Waals surface area (Å²) in [5.74, 6) is -0.915. The van der Waals surface area contributed by atoms with E-state index in [1.165, 1.54) is 6.07 Å². The maximum absolute atomic E-state index is 13.9. The first-order valence-electron chi connectivity index (χ1n) is 6.80. The van der Waals surface area contributed by atoms with Gasteiger partial charge in [0.25, 0.3) is 0 Å². The summed E-state index contributed by atoms with van der Waals surface area (Å²) in [6, 6.07) is 6.80. The molecule has 0 saturated heterocycles. The Morgan fingerprint density at radius 2 is 2.10 bits per heavy atom. The van der Waals surface area contributed by atoms with Crippen LogP contribution < -0.4 is 0 Å². The van der Waals surface area contributed by atoms with Gasteiger partial charge in [-0.3, -0.25) is 9.88 Å². The van der Waals surface area contributed by atoms with Crippen LogP contribution in [0.3, 0.4) is 0 Å². The molecule has 112 valence electrons. The minimum absolute atomic E-state index is 0.0540. The van der Waals surface area contributed by atoms with Gasteiger partial charge in [-0.25, -0.2) is 8.78 Å². The van der Waals surface area contributed by atoms with Gasteiger partial charge in [0.2, 0.25) is 0 Å². The fourth-order valence-corrected chi connectivity index (χ4v) is 2.30. The molecule has 0 fully saturated rings. The van der Waals surface area contributed by atoms with Crippen LogP contribution in [0.2, 0.25) is 0 Å². The van der Waals surface area contributed by atoms with E-state index in [1.54, 1.807) is 19.3 Å². The molecule has 0 aliphatic carbocycles. The number of aromatic nitrogens is 1. The molecular weight excluding hydrogens is 274 g/mol. The molecule has 1 aromatic carbocycles. The van der Waals surface area contributed by atoms with Crippen LogP contribution in [0.4, 0.5) is 8.78 Å². The van der Waals surface area contributed by atoms with Crippen LogP contribution in [0.15, 0.2) is 42.7 Å². The monoisotopic (exact) mass is 292 g/mol. The first kappa shape index (κ1) is 15.5. The normalized spacial score (nSPS) is 12.6. The fraction of sp³-hybridized carbons (Fsp3) is 0.312. The van der Waals surface area contributed by atoms with E-state index < -0.39 is 11.6 Å². The van der Waals surface area contributed by atoms with Crippen LogP contribution >= 0.6 is 0 Å². The quantitative estimate of drug-likeness (QED) is 0.889. The van der Waals surface area contributed by atoms with Crippen molar-refractivity contribution in [2.24, 2.45) is 0 Å². The molecule has 0 spiro atoms. The summed E-state index contributed by atoms with van der Waals surface area (Å²) in [4.78, 5) is 5.92. The van der Waals surface area contributed by atoms with Crippen molar-refractivity contribution in [2.75, 3.05) is 13.2 Å². The van der Waals surface area contributed by atoms with E-state index in [-0.39, 0.29) is 18.2 Å². The van der Waals surface area contributed by atoms with Gasteiger partial charge in [0, 0.05) is 37.1 Å². The lowest BCUT2D eigenvalue weighted by molar-refractivity contribution is 0.149. The molecule has 0 radical (unpaired) electrons. The number of nitrogens with zero attached hydrogens (tertiary/aromatic N) is 2. The topological polar surface area (TPSA) is 36.4 Å². The van der Waals surface area contributed by atoms with Gasteiger partial charge in [0.05, 0.1) is 6.61 Å². The first-order valence-corrected chi connectivity index (χ1v) is 6.80. The predicted molar refractivity (Wildman–Crippen MR) is 76.5 cm³/mol. The molecule has 2 aromatic rings. The number of hydrogen-bond donors (Lipinski definition) is 1. The zero-order valence-electron chi connectivity index (χ0n) is 11.8. The highest BCUT2D eigenvalue weighted by atomic mass is 19.1. The third-order valence-electron chi connectivity index (χ3n) is 3.45. The van der Waals surface area contributed by atoms with Crippen LogP contribution in [0.25, 0.3) is 0 Å². The lowest BCUT2D eigenvalue weighted by atomic mass is 10.1. The Hall–Kier alpha value is -1.85. The smallest absolute Gasteiger partial charge is 0.128 e. The molecule has 1 heterocycles. The Labute approximate surface area is 122 Å². The van der Waals surface area contributed by atoms with Crippen LogP contribution in [-0.4, -0.2) is 28.1 Å². The molecule has 1 unspecified atom stereocenters. The predicted octanol–water partition coefficient (Wildman–Crippen LogP) is 2.92. The first-order chi connectivity index (χ1) is 10.1. The minimum atomic E-state index is -0.469. The Morgan fingerprint density at radius 3 is 2.76 bits per heavy atom. The van der Waals surface area contributed by atoms with Gasteiger partial charge in [0.15, 0.2) is 0 Å². The van der Waals surface area contributed by atoms with E-state index in [0.29, 0.717) is 13.1 Å². The van der Waals surface area contributed by atoms with Crippen molar-refractivity contribution >= 4 is 0 Å². The summed E-state index contributed by atoms with van der Waals surface area (Å²) >= 11 is 0. The molecule has 3 nitrogen and oxygen atoms in total. The highest BCUT2D eigenvalue weighted by molar-refractivity contribution is 5.22. The maximum atomic E-state index is 13.9. The SMILES string of the molecule is CC(c1cc(F)ccc1F)N(CCO)Cc1cccnc1. The number of aliphatic hydroxyl groups is 1. The van der Waals surface area contributed by atoms with E-state index in [9.17, 15) is 13.9 Å². The van der Waals surface area contributed by atoms with Crippen LogP contribution in [0.1, 0.15) is 24.1 Å². The average Bonchev–Trinajstić information content (AvgIpc) is 2.49. The molecule has 5 heteroatoms. The Morgan fingerprint density at radius 1 is 1.29 bits per heavy atom. The van der Waals surface area contributed by atoms with Crippen molar-refractivity contribution in [3.8, 4) is 0 Å². The Balaban J connectivity index is 2.22. The summed E-state index contributed by atoms with van der Waals surface area (Å²) in [5.41, 5.74) is 1.24. The molecule has 0 aliphatic heterocycles. The summed E-state index contributed by atoms with van der Waals surface area (Å²) < 4.78 is 27.2. The van der Waals surface area contributed by atoms with Gasteiger partial charge >= 0.3 is 0 Å². The molecule has 21 heavy (non-hydrogen) atoms. The second-order valence-corrected chi connectivity index (χ2v) is 4.90. The average molecular weight is 292 g/mol. The highest BCUT2D eigenvalue weighted by Crippen LogP contribution is 2.25. The van der Waals surface area contributed by atoms with Crippen LogP contribution in [0.5, 0.6) is 0 Å². The number of halogens is 2. The van der Waals surface area contributed by atoms with E-state index >= 15 is 0 Å². The van der Waals surface area contributed by atoms with Crippen LogP contribution in [-0.2, 0) is 6.54 Å². The van der Waals surface area contributed by atoms with Crippen molar-refractivity contribution in [1.82, 2.24) is 9.88 Å². The summed E-state index contributed by atoms with van der Waals surface area (Å²) in [6.07, 6.45) is 3.40. The van der Waals surface area contributed by atoms with E-state index in [0.717, 1.165) is 17.7 Å². The highest BCUT2D eigenvalue weighted by Gasteiger charge is 2.19. The van der Waals surface area contributed by atoms with Gasteiger partial charge in [-0.15, -0.1) is 0 Å². The maximum Gasteiger partial charge on any atom is 0.128 e. The Bertz CT molecular complexity index is 578. The molecule has 1 N–H and O–H groups in total. The van der Waals surface area contributed by atoms with Crippen LogP contribution in [0, 0.1) is 11.6 Å². The molecule has 0 bridgehead atoms. The summed E-state index contributed by atoms with van der Waals surface area (Å²) in [5, 5.41) is 9.21. The number of rotatable bonds is 6. The van der Waals surface area contributed by atoms with Gasteiger partial charge in [0.1, 0.15) is 11.6 Å². The van der Waals surface area contributed by atoms with Crippen molar-refractivity contribution in [3.05, 3.63) is 65.5 Å². The zero-order valence-corrected chi connectivity index (χ0v) is 11.8. The second-order valence-electron chi connectivity index (χ2n) is 4.90. The number of pyridine rings is 1. The third-order valence-corrected chi connectivity index (χ3v) is 3.45. The largest absolute Gasteiger partial charge is 0.395 e. The number of aliphatic hydroxyl groups excluding tert-OH is 1. The van der Waals surface area contributed by atoms with Crippen molar-refractivity contribution < 1.29 is 13.9 Å². The summed E-state index contributed by atoms with van der Waals surface area (Å²) in [7, 11) is 0. The number of hydrogen-bond acceptors (Lipinski definition) is 3. The molecule has 1 aromatic heterocycles. The molecule has 2 rings (SSSR count). The van der Waals surface area contributed by atoms with E-state index in [1.807, 2.05) is 17.0 Å². The summed E-state index contributed by atoms with van der Waals surface area (Å²) in [6.45, 7) is 2.61. The van der Waals surface area contributed by atoms with Gasteiger partial charge < -0.3 is 5.11 Å². The zero-order chi connectivity index (χ0) is 15.2. The Kier molecular flexibility index (Phi) is 5.36. The fourth-order valence-electron chi connectivity index (χ4n) is 2.30. The number of benzene rings is 1. The van der Waals surface area contributed by atoms with Crippen molar-refractivity contribution in [3.63, 3.8) is 0 Å². The minimum Gasteiger partial charge on any atom is -0.395 e.